The number of thioether (sulfide) groups is 1. The minimum atomic E-state index is -1.04. The minimum Gasteiger partial charge on any atom is -0.480 e. The number of piperidine rings is 1. The van der Waals surface area contributed by atoms with E-state index in [0.29, 0.717) is 31.6 Å². The fraction of sp³-hybridized carbons (Fsp3) is 0.750. The third kappa shape index (κ3) is 5.28. The molecule has 1 unspecified atom stereocenters. The highest BCUT2D eigenvalue weighted by Gasteiger charge is 2.25. The second-order valence-corrected chi connectivity index (χ2v) is 5.79. The molecule has 114 valence electrons. The summed E-state index contributed by atoms with van der Waals surface area (Å²) < 4.78 is 0. The molecule has 3 N–H and O–H groups in total. The zero-order valence-corrected chi connectivity index (χ0v) is 12.5. The van der Waals surface area contributed by atoms with Gasteiger partial charge in [-0.3, -0.25) is 4.79 Å². The standard InChI is InChI=1S/C12H21N3O4S/c1-15-7-8(3-4-10(15)16)13-12(19)14-9(11(17)18)5-6-20-2/h8-9H,3-7H2,1-2H3,(H,17,18)(H2,13,14,19)/t8?,9-/m0/s1. The van der Waals surface area contributed by atoms with Crippen molar-refractivity contribution in [2.45, 2.75) is 31.3 Å². The van der Waals surface area contributed by atoms with Gasteiger partial charge in [-0.05, 0) is 24.9 Å². The Bertz CT molecular complexity index is 378. The van der Waals surface area contributed by atoms with Gasteiger partial charge < -0.3 is 20.6 Å². The van der Waals surface area contributed by atoms with Crippen LogP contribution in [0.1, 0.15) is 19.3 Å². The molecule has 1 fully saturated rings. The van der Waals surface area contributed by atoms with Gasteiger partial charge in [-0.15, -0.1) is 0 Å². The van der Waals surface area contributed by atoms with Crippen molar-refractivity contribution in [1.29, 1.82) is 0 Å². The number of likely N-dealkylation sites (N-methyl/N-ethyl adjacent to an activating group) is 1. The molecule has 7 nitrogen and oxygen atoms in total. The van der Waals surface area contributed by atoms with Crippen LogP contribution in [-0.2, 0) is 9.59 Å². The Morgan fingerprint density at radius 3 is 2.80 bits per heavy atom. The van der Waals surface area contributed by atoms with Crippen LogP contribution in [0.5, 0.6) is 0 Å². The molecule has 20 heavy (non-hydrogen) atoms. The van der Waals surface area contributed by atoms with E-state index in [1.165, 1.54) is 11.8 Å². The smallest absolute Gasteiger partial charge is 0.326 e. The molecule has 1 aliphatic rings. The van der Waals surface area contributed by atoms with Crippen molar-refractivity contribution >= 4 is 29.7 Å². The predicted molar refractivity (Wildman–Crippen MR) is 76.7 cm³/mol. The maximum atomic E-state index is 11.8. The van der Waals surface area contributed by atoms with E-state index >= 15 is 0 Å². The third-order valence-corrected chi connectivity index (χ3v) is 3.82. The van der Waals surface area contributed by atoms with Gasteiger partial charge in [0.15, 0.2) is 0 Å². The highest BCUT2D eigenvalue weighted by molar-refractivity contribution is 7.98. The Morgan fingerprint density at radius 1 is 1.55 bits per heavy atom. The number of carbonyl (C=O) groups is 3. The average Bonchev–Trinajstić information content (AvgIpc) is 2.38. The van der Waals surface area contributed by atoms with Crippen molar-refractivity contribution in [2.24, 2.45) is 0 Å². The van der Waals surface area contributed by atoms with E-state index in [-0.39, 0.29) is 11.9 Å². The quantitative estimate of drug-likeness (QED) is 0.647. The topological polar surface area (TPSA) is 98.7 Å². The van der Waals surface area contributed by atoms with Gasteiger partial charge in [-0.2, -0.15) is 11.8 Å². The van der Waals surface area contributed by atoms with Crippen LogP contribution in [0.25, 0.3) is 0 Å². The van der Waals surface area contributed by atoms with Crippen molar-refractivity contribution in [3.05, 3.63) is 0 Å². The van der Waals surface area contributed by atoms with Crippen molar-refractivity contribution in [3.63, 3.8) is 0 Å². The van der Waals surface area contributed by atoms with Crippen LogP contribution < -0.4 is 10.6 Å². The van der Waals surface area contributed by atoms with Gasteiger partial charge in [-0.25, -0.2) is 9.59 Å². The SMILES string of the molecule is CSCC[C@H](NC(=O)NC1CCC(=O)N(C)C1)C(=O)O. The largest absolute Gasteiger partial charge is 0.480 e. The van der Waals surface area contributed by atoms with Gasteiger partial charge >= 0.3 is 12.0 Å². The fourth-order valence-electron chi connectivity index (χ4n) is 2.01. The summed E-state index contributed by atoms with van der Waals surface area (Å²) in [6.45, 7) is 0.453. The number of hydrogen-bond acceptors (Lipinski definition) is 4. The lowest BCUT2D eigenvalue weighted by Crippen LogP contribution is -2.53. The van der Waals surface area contributed by atoms with E-state index in [1.807, 2.05) is 6.26 Å². The van der Waals surface area contributed by atoms with Crippen LogP contribution in [0.2, 0.25) is 0 Å². The summed E-state index contributed by atoms with van der Waals surface area (Å²) in [5, 5.41) is 14.2. The van der Waals surface area contributed by atoms with Crippen molar-refractivity contribution in [2.75, 3.05) is 25.6 Å². The van der Waals surface area contributed by atoms with E-state index in [1.54, 1.807) is 11.9 Å². The number of nitrogens with one attached hydrogen (secondary N) is 2. The van der Waals surface area contributed by atoms with Gasteiger partial charge in [-0.1, -0.05) is 0 Å². The summed E-state index contributed by atoms with van der Waals surface area (Å²) in [7, 11) is 1.69. The lowest BCUT2D eigenvalue weighted by Gasteiger charge is -2.30. The summed E-state index contributed by atoms with van der Waals surface area (Å²) in [4.78, 5) is 35.7. The monoisotopic (exact) mass is 303 g/mol. The highest BCUT2D eigenvalue weighted by atomic mass is 32.2. The molecule has 3 amide bonds. The van der Waals surface area contributed by atoms with Crippen LogP contribution in [-0.4, -0.2) is 65.6 Å². The normalized spacial score (nSPS) is 20.4. The molecule has 0 aromatic rings. The molecule has 2 atom stereocenters. The first-order valence-corrected chi connectivity index (χ1v) is 7.86. The molecule has 0 spiro atoms. The molecule has 1 aliphatic heterocycles. The molecular formula is C12H21N3O4S. The Morgan fingerprint density at radius 2 is 2.25 bits per heavy atom. The molecule has 0 aromatic carbocycles. The molecule has 8 heteroatoms. The second-order valence-electron chi connectivity index (χ2n) is 4.80. The minimum absolute atomic E-state index is 0.0619. The zero-order chi connectivity index (χ0) is 15.1. The van der Waals surface area contributed by atoms with Crippen LogP contribution in [0.4, 0.5) is 4.79 Å². The summed E-state index contributed by atoms with van der Waals surface area (Å²) >= 11 is 1.53. The van der Waals surface area contributed by atoms with Gasteiger partial charge in [0.25, 0.3) is 0 Å². The molecule has 0 aromatic heterocycles. The number of likely N-dealkylation sites (tertiary alicyclic amines) is 1. The van der Waals surface area contributed by atoms with Gasteiger partial charge in [0.2, 0.25) is 5.91 Å². The predicted octanol–water partition coefficient (Wildman–Crippen LogP) is 0.113. The number of rotatable bonds is 6. The number of aliphatic carboxylic acids is 1. The summed E-state index contributed by atoms with van der Waals surface area (Å²) in [6, 6.07) is -1.51. The van der Waals surface area contributed by atoms with Crippen LogP contribution in [0.15, 0.2) is 0 Å². The van der Waals surface area contributed by atoms with Crippen LogP contribution in [0.3, 0.4) is 0 Å². The molecular weight excluding hydrogens is 282 g/mol. The van der Waals surface area contributed by atoms with Crippen LogP contribution >= 0.6 is 11.8 Å². The maximum absolute atomic E-state index is 11.8. The Kier molecular flexibility index (Phi) is 6.63. The molecule has 0 radical (unpaired) electrons. The lowest BCUT2D eigenvalue weighted by atomic mass is 10.1. The molecule has 0 aliphatic carbocycles. The maximum Gasteiger partial charge on any atom is 0.326 e. The second kappa shape index (κ2) is 7.98. The third-order valence-electron chi connectivity index (χ3n) is 3.18. The van der Waals surface area contributed by atoms with Gasteiger partial charge in [0.05, 0.1) is 0 Å². The van der Waals surface area contributed by atoms with E-state index in [0.717, 1.165) is 0 Å². The van der Waals surface area contributed by atoms with Crippen LogP contribution in [0, 0.1) is 0 Å². The fourth-order valence-corrected chi connectivity index (χ4v) is 2.48. The van der Waals surface area contributed by atoms with E-state index in [4.69, 9.17) is 5.11 Å². The van der Waals surface area contributed by atoms with Crippen molar-refractivity contribution in [3.8, 4) is 0 Å². The van der Waals surface area contributed by atoms with Crippen molar-refractivity contribution in [1.82, 2.24) is 15.5 Å². The number of urea groups is 1. The summed E-state index contributed by atoms with van der Waals surface area (Å²) in [5.74, 6) is -0.310. The number of amides is 3. The molecule has 0 saturated carbocycles. The van der Waals surface area contributed by atoms with Gasteiger partial charge in [0.1, 0.15) is 6.04 Å². The molecule has 1 heterocycles. The first kappa shape index (κ1) is 16.6. The summed E-state index contributed by atoms with van der Waals surface area (Å²) in [5.41, 5.74) is 0. The number of nitrogens with zero attached hydrogens (tertiary/aromatic N) is 1. The number of hydrogen-bond donors (Lipinski definition) is 3. The molecule has 0 bridgehead atoms. The van der Waals surface area contributed by atoms with E-state index < -0.39 is 18.0 Å². The van der Waals surface area contributed by atoms with E-state index in [2.05, 4.69) is 10.6 Å². The number of carbonyl (C=O) groups excluding carboxylic acids is 2. The first-order chi connectivity index (χ1) is 9.43. The van der Waals surface area contributed by atoms with E-state index in [9.17, 15) is 14.4 Å². The highest BCUT2D eigenvalue weighted by Crippen LogP contribution is 2.09. The molecule has 1 saturated heterocycles. The Labute approximate surface area is 122 Å². The first-order valence-electron chi connectivity index (χ1n) is 6.46. The van der Waals surface area contributed by atoms with Gasteiger partial charge in [0, 0.05) is 26.1 Å². The Balaban J connectivity index is 2.41. The number of carboxylic acids is 1. The lowest BCUT2D eigenvalue weighted by molar-refractivity contribution is -0.139. The molecule has 1 rings (SSSR count). The Hall–Kier alpha value is -1.44. The zero-order valence-electron chi connectivity index (χ0n) is 11.7. The average molecular weight is 303 g/mol. The summed E-state index contributed by atoms with van der Waals surface area (Å²) in [6.07, 6.45) is 3.25. The van der Waals surface area contributed by atoms with Crippen molar-refractivity contribution < 1.29 is 19.5 Å². The number of carboxylic acid groups (broad SMARTS) is 1.